The Balaban J connectivity index is 1.33. The highest BCUT2D eigenvalue weighted by Crippen LogP contribution is 2.48. The molecule has 2 heterocycles. The molecule has 2 aliphatic heterocycles. The fourth-order valence-electron chi connectivity index (χ4n) is 8.56. The zero-order chi connectivity index (χ0) is 26.9. The standard InChI is InChI=1S/C38H35BN2/c1-2-15-30(16-3-1)40-34-18-9-8-17-32(34)39-33-24-28-13-6-7-14-29(28)25-37(33)41(36-20-10-19-35(40)38(36)39)31-22-21-26-11-4-5-12-27(26)23-31/h1-3,8-10,15-25,32,34H,4-7,11-14H2. The summed E-state index contributed by atoms with van der Waals surface area (Å²) < 4.78 is 0. The highest BCUT2D eigenvalue weighted by Gasteiger charge is 2.48. The van der Waals surface area contributed by atoms with Crippen molar-refractivity contribution >= 4 is 46.1 Å². The number of aryl methyl sites for hydroxylation is 4. The monoisotopic (exact) mass is 530 g/mol. The van der Waals surface area contributed by atoms with E-state index in [9.17, 15) is 0 Å². The Morgan fingerprint density at radius 2 is 1.27 bits per heavy atom. The number of benzene rings is 4. The summed E-state index contributed by atoms with van der Waals surface area (Å²) in [5, 5.41) is 0. The summed E-state index contributed by atoms with van der Waals surface area (Å²) in [5.74, 6) is 0.375. The smallest absolute Gasteiger partial charge is 0.226 e. The van der Waals surface area contributed by atoms with Crippen molar-refractivity contribution in [3.05, 3.63) is 125 Å². The van der Waals surface area contributed by atoms with E-state index >= 15 is 0 Å². The van der Waals surface area contributed by atoms with E-state index in [2.05, 4.69) is 113 Å². The number of fused-ring (bicyclic) bond motifs is 6. The Labute approximate surface area is 244 Å². The van der Waals surface area contributed by atoms with Crippen LogP contribution in [0.4, 0.5) is 28.4 Å². The first kappa shape index (κ1) is 23.7. The van der Waals surface area contributed by atoms with Gasteiger partial charge in [0.2, 0.25) is 6.71 Å². The molecular weight excluding hydrogens is 495 g/mol. The third-order valence-corrected chi connectivity index (χ3v) is 10.4. The predicted octanol–water partition coefficient (Wildman–Crippen LogP) is 7.85. The molecule has 0 fully saturated rings. The number of rotatable bonds is 2. The number of hydrogen-bond acceptors (Lipinski definition) is 2. The Bertz CT molecular complexity index is 1740. The molecule has 2 nitrogen and oxygen atoms in total. The first-order chi connectivity index (χ1) is 20.3. The topological polar surface area (TPSA) is 6.48 Å². The van der Waals surface area contributed by atoms with Crippen LogP contribution >= 0.6 is 0 Å². The van der Waals surface area contributed by atoms with Crippen LogP contribution in [0.2, 0.25) is 5.82 Å². The van der Waals surface area contributed by atoms with Crippen LogP contribution in [0.15, 0.2) is 103 Å². The average Bonchev–Trinajstić information content (AvgIpc) is 3.04. The van der Waals surface area contributed by atoms with Gasteiger partial charge in [0.25, 0.3) is 0 Å². The second-order valence-corrected chi connectivity index (χ2v) is 12.6. The summed E-state index contributed by atoms with van der Waals surface area (Å²) in [6.07, 6.45) is 19.5. The number of nitrogens with zero attached hydrogens (tertiary/aromatic N) is 2. The zero-order valence-electron chi connectivity index (χ0n) is 23.6. The Morgan fingerprint density at radius 3 is 2.10 bits per heavy atom. The number of para-hydroxylation sites is 1. The lowest BCUT2D eigenvalue weighted by molar-refractivity contribution is 0.685. The van der Waals surface area contributed by atoms with Gasteiger partial charge in [-0.05, 0) is 133 Å². The van der Waals surface area contributed by atoms with E-state index in [0.717, 1.165) is 0 Å². The Morgan fingerprint density at radius 1 is 0.561 bits per heavy atom. The molecule has 3 heteroatoms. The lowest BCUT2D eigenvalue weighted by Gasteiger charge is -2.50. The van der Waals surface area contributed by atoms with Gasteiger partial charge in [-0.15, -0.1) is 0 Å². The maximum atomic E-state index is 2.63. The summed E-state index contributed by atoms with van der Waals surface area (Å²) in [6.45, 7) is 0.337. The molecule has 0 radical (unpaired) electrons. The molecule has 0 bridgehead atoms. The van der Waals surface area contributed by atoms with E-state index in [4.69, 9.17) is 0 Å². The predicted molar refractivity (Wildman–Crippen MR) is 174 cm³/mol. The van der Waals surface area contributed by atoms with E-state index < -0.39 is 0 Å². The van der Waals surface area contributed by atoms with Gasteiger partial charge in [0.05, 0.1) is 6.04 Å². The van der Waals surface area contributed by atoms with Crippen LogP contribution in [0, 0.1) is 0 Å². The molecular formula is C38H35BN2. The number of allylic oxidation sites excluding steroid dienone is 2. The van der Waals surface area contributed by atoms with Crippen molar-refractivity contribution in [2.45, 2.75) is 63.2 Å². The second kappa shape index (κ2) is 9.28. The molecule has 4 aromatic carbocycles. The van der Waals surface area contributed by atoms with Gasteiger partial charge in [0, 0.05) is 28.4 Å². The maximum Gasteiger partial charge on any atom is 0.226 e. The van der Waals surface area contributed by atoms with E-state index in [0.29, 0.717) is 12.5 Å². The van der Waals surface area contributed by atoms with Gasteiger partial charge in [-0.2, -0.15) is 0 Å². The zero-order valence-corrected chi connectivity index (χ0v) is 23.6. The SMILES string of the molecule is C1=CC2B3c4cc5c(cc4N(c4ccc6c(c4)CCCC6)c4cccc(c43)N(c3ccccc3)C2C=C1)CCCC5. The van der Waals surface area contributed by atoms with Gasteiger partial charge < -0.3 is 9.80 Å². The quantitative estimate of drug-likeness (QED) is 0.244. The number of hydrogen-bond donors (Lipinski definition) is 0. The van der Waals surface area contributed by atoms with Crippen molar-refractivity contribution in [3.8, 4) is 0 Å². The van der Waals surface area contributed by atoms with E-state index in [1.165, 1.54) is 90.7 Å². The van der Waals surface area contributed by atoms with Crippen LogP contribution in [0.3, 0.4) is 0 Å². The third-order valence-electron chi connectivity index (χ3n) is 10.4. The summed E-state index contributed by atoms with van der Waals surface area (Å²) in [4.78, 5) is 5.23. The minimum atomic E-state index is 0.286. The molecule has 0 saturated heterocycles. The van der Waals surface area contributed by atoms with Crippen LogP contribution in [0.1, 0.15) is 47.9 Å². The third kappa shape index (κ3) is 3.57. The molecule has 0 saturated carbocycles. The van der Waals surface area contributed by atoms with E-state index in [1.807, 2.05) is 0 Å². The fraction of sp³-hybridized carbons (Fsp3) is 0.263. The average molecular weight is 531 g/mol. The molecule has 41 heavy (non-hydrogen) atoms. The van der Waals surface area contributed by atoms with E-state index in [-0.39, 0.29) is 6.04 Å². The van der Waals surface area contributed by atoms with Crippen LogP contribution in [0.25, 0.3) is 0 Å². The molecule has 0 N–H and O–H groups in total. The van der Waals surface area contributed by atoms with Crippen LogP contribution < -0.4 is 20.7 Å². The van der Waals surface area contributed by atoms with Gasteiger partial charge in [0.15, 0.2) is 0 Å². The van der Waals surface area contributed by atoms with Gasteiger partial charge in [0.1, 0.15) is 0 Å². The van der Waals surface area contributed by atoms with Gasteiger partial charge >= 0.3 is 0 Å². The number of anilines is 5. The van der Waals surface area contributed by atoms with Crippen molar-refractivity contribution in [1.82, 2.24) is 0 Å². The molecule has 200 valence electrons. The van der Waals surface area contributed by atoms with Crippen molar-refractivity contribution in [1.29, 1.82) is 0 Å². The van der Waals surface area contributed by atoms with Gasteiger partial charge in [-0.3, -0.25) is 0 Å². The van der Waals surface area contributed by atoms with Gasteiger partial charge in [-0.1, -0.05) is 60.7 Å². The summed E-state index contributed by atoms with van der Waals surface area (Å²) >= 11 is 0. The Kier molecular flexibility index (Phi) is 5.36. The van der Waals surface area contributed by atoms with Crippen LogP contribution in [-0.2, 0) is 25.7 Å². The lowest BCUT2D eigenvalue weighted by Crippen LogP contribution is -2.61. The fourth-order valence-corrected chi connectivity index (χ4v) is 8.56. The first-order valence-electron chi connectivity index (χ1n) is 15.7. The van der Waals surface area contributed by atoms with E-state index in [1.54, 1.807) is 22.3 Å². The molecule has 9 rings (SSSR count). The highest BCUT2D eigenvalue weighted by molar-refractivity contribution is 6.91. The van der Waals surface area contributed by atoms with Crippen molar-refractivity contribution < 1.29 is 0 Å². The summed E-state index contributed by atoms with van der Waals surface area (Å²) in [7, 11) is 0. The normalized spacial score (nSPS) is 21.5. The van der Waals surface area contributed by atoms with Crippen molar-refractivity contribution in [2.75, 3.05) is 9.80 Å². The van der Waals surface area contributed by atoms with Crippen LogP contribution in [-0.4, -0.2) is 12.8 Å². The summed E-state index contributed by atoms with van der Waals surface area (Å²) in [6, 6.07) is 30.9. The van der Waals surface area contributed by atoms with Gasteiger partial charge in [-0.25, -0.2) is 0 Å². The molecule has 5 aliphatic rings. The maximum absolute atomic E-state index is 2.63. The second-order valence-electron chi connectivity index (χ2n) is 12.6. The minimum Gasteiger partial charge on any atom is -0.335 e. The Hall–Kier alpha value is -3.98. The van der Waals surface area contributed by atoms with Crippen LogP contribution in [0.5, 0.6) is 0 Å². The molecule has 4 aromatic rings. The van der Waals surface area contributed by atoms with Crippen molar-refractivity contribution in [2.24, 2.45) is 0 Å². The first-order valence-corrected chi connectivity index (χ1v) is 15.7. The molecule has 2 atom stereocenters. The molecule has 2 unspecified atom stereocenters. The summed E-state index contributed by atoms with van der Waals surface area (Å²) in [5.41, 5.74) is 16.0. The lowest BCUT2D eigenvalue weighted by atomic mass is 9.29. The molecule has 3 aliphatic carbocycles. The molecule has 0 spiro atoms. The minimum absolute atomic E-state index is 0.286. The largest absolute Gasteiger partial charge is 0.335 e. The van der Waals surface area contributed by atoms with Crippen molar-refractivity contribution in [3.63, 3.8) is 0 Å². The molecule has 0 amide bonds. The molecule has 0 aromatic heterocycles. The highest BCUT2D eigenvalue weighted by atomic mass is 15.2.